The molecule has 6 unspecified atom stereocenters. The van der Waals surface area contributed by atoms with Crippen molar-refractivity contribution in [1.82, 2.24) is 19.9 Å². The lowest BCUT2D eigenvalue weighted by atomic mass is 10.0. The highest BCUT2D eigenvalue weighted by Gasteiger charge is 2.45. The van der Waals surface area contributed by atoms with E-state index in [9.17, 15) is 49.4 Å². The number of hydrogen-bond acceptors (Lipinski definition) is 18. The van der Waals surface area contributed by atoms with Crippen LogP contribution in [0.4, 0.5) is 11.6 Å². The van der Waals surface area contributed by atoms with Crippen LogP contribution in [0, 0.1) is 6.92 Å². The minimum atomic E-state index is -5.11. The number of aliphatic hydroxyl groups is 5. The van der Waals surface area contributed by atoms with Crippen LogP contribution in [-0.2, 0) is 39.1 Å². The van der Waals surface area contributed by atoms with E-state index in [1.54, 1.807) is 31.2 Å². The Hall–Kier alpha value is -4.19. The summed E-state index contributed by atoms with van der Waals surface area (Å²) in [5, 5.41) is 73.2. The normalized spacial score (nSPS) is 22.8. The molecule has 23 heteroatoms. The molecule has 0 amide bonds. The smallest absolute Gasteiger partial charge is 0.473 e. The van der Waals surface area contributed by atoms with Crippen molar-refractivity contribution in [2.45, 2.75) is 88.2 Å². The number of ether oxygens (including phenoxy) is 2. The maximum absolute atomic E-state index is 12.3. The Bertz CT molecular complexity index is 1850. The zero-order valence-electron chi connectivity index (χ0n) is 28.3. The topological polar surface area (TPSA) is 360 Å². The number of H-pyrrole nitrogens is 1. The zero-order chi connectivity index (χ0) is 39.2. The van der Waals surface area contributed by atoms with Crippen LogP contribution < -0.4 is 16.6 Å². The van der Waals surface area contributed by atoms with Crippen LogP contribution in [0.3, 0.4) is 0 Å². The second-order valence-electron chi connectivity index (χ2n) is 12.2. The number of aromatic nitrogens is 4. The van der Waals surface area contributed by atoms with Crippen LogP contribution in [0.2, 0.25) is 0 Å². The molecule has 0 spiro atoms. The first-order chi connectivity index (χ1) is 24.8. The van der Waals surface area contributed by atoms with Crippen molar-refractivity contribution < 1.29 is 73.3 Å². The average molecular weight is 773 g/mol. The van der Waals surface area contributed by atoms with Crippen LogP contribution in [0.25, 0.3) is 11.2 Å². The summed E-state index contributed by atoms with van der Waals surface area (Å²) in [6, 6.07) is 6.37. The number of carbonyl (C=O) groups is 2. The highest BCUT2D eigenvalue weighted by molar-refractivity contribution is 7.47. The Labute approximate surface area is 299 Å². The van der Waals surface area contributed by atoms with E-state index < -0.39 is 100 Å². The van der Waals surface area contributed by atoms with Crippen molar-refractivity contribution in [2.24, 2.45) is 0 Å². The van der Waals surface area contributed by atoms with E-state index in [0.717, 1.165) is 0 Å². The zero-order valence-corrected chi connectivity index (χ0v) is 29.1. The van der Waals surface area contributed by atoms with E-state index in [-0.39, 0.29) is 29.6 Å². The summed E-state index contributed by atoms with van der Waals surface area (Å²) >= 11 is 0. The monoisotopic (exact) mass is 772 g/mol. The van der Waals surface area contributed by atoms with Gasteiger partial charge in [-0.3, -0.25) is 23.6 Å². The Morgan fingerprint density at radius 3 is 2.40 bits per heavy atom. The highest BCUT2D eigenvalue weighted by atomic mass is 31.2. The predicted molar refractivity (Wildman–Crippen MR) is 179 cm³/mol. The second kappa shape index (κ2) is 17.8. The summed E-state index contributed by atoms with van der Waals surface area (Å²) in [5.74, 6) is -3.16. The summed E-state index contributed by atoms with van der Waals surface area (Å²) in [6.07, 6.45) is -15.0. The van der Waals surface area contributed by atoms with E-state index >= 15 is 0 Å². The predicted octanol–water partition coefficient (Wildman–Crippen LogP) is -1.68. The van der Waals surface area contributed by atoms with E-state index in [4.69, 9.17) is 25.4 Å². The molecule has 1 aliphatic heterocycles. The lowest BCUT2D eigenvalue weighted by Crippen LogP contribution is -2.43. The van der Waals surface area contributed by atoms with Gasteiger partial charge in [0, 0.05) is 18.5 Å². The number of carboxylic acids is 2. The molecule has 4 rings (SSSR count). The standard InChI is InChI=1S/C30H41N6O16P/c1-12(21-13(2)33-26-22(34-21)27(44)36-30(31)35-26)32-15-5-3-14(4-6-15)9-16(37)23(41)17(38)10-49-29-25(43)24(42)19(51-29)11-50-53(47,48)52-18(28(45)46)7-8-20(39)40/h3-6,12,16-19,23-25,29,32,37-38,41-43H,7-11H2,1-2H3,(H,39,40)(H,45,46)(H,47,48)(H3,31,33,35,36,44)/t12?,16?,17?,18?,19-,23?,24-,25-,29-/m1/s1. The van der Waals surface area contributed by atoms with Gasteiger partial charge in [0.25, 0.3) is 5.56 Å². The van der Waals surface area contributed by atoms with Gasteiger partial charge < -0.3 is 61.2 Å². The molecular weight excluding hydrogens is 731 g/mol. The molecule has 22 nitrogen and oxygen atoms in total. The van der Waals surface area contributed by atoms with Gasteiger partial charge in [-0.1, -0.05) is 12.1 Å². The van der Waals surface area contributed by atoms with Gasteiger partial charge in [0.2, 0.25) is 5.95 Å². The van der Waals surface area contributed by atoms with Crippen molar-refractivity contribution in [2.75, 3.05) is 24.3 Å². The first-order valence-corrected chi connectivity index (χ1v) is 17.5. The quantitative estimate of drug-likeness (QED) is 0.0606. The number of benzene rings is 1. The molecule has 292 valence electrons. The van der Waals surface area contributed by atoms with Gasteiger partial charge in [-0.05, 0) is 38.0 Å². The van der Waals surface area contributed by atoms with E-state index in [1.807, 2.05) is 6.92 Å². The van der Waals surface area contributed by atoms with Crippen molar-refractivity contribution in [3.8, 4) is 0 Å². The minimum Gasteiger partial charge on any atom is -0.481 e. The van der Waals surface area contributed by atoms with Crippen LogP contribution in [0.1, 0.15) is 42.8 Å². The van der Waals surface area contributed by atoms with Crippen LogP contribution >= 0.6 is 7.82 Å². The van der Waals surface area contributed by atoms with Gasteiger partial charge in [-0.25, -0.2) is 19.3 Å². The molecule has 3 aromatic rings. The fourth-order valence-corrected chi connectivity index (χ4v) is 6.18. The number of aromatic amines is 1. The number of aliphatic carboxylic acids is 2. The number of aryl methyl sites for hydroxylation is 1. The molecular formula is C30H41N6O16P. The van der Waals surface area contributed by atoms with Crippen molar-refractivity contribution in [1.29, 1.82) is 0 Å². The number of fused-ring (bicyclic) bond motifs is 1. The van der Waals surface area contributed by atoms with Crippen molar-refractivity contribution in [3.05, 3.63) is 51.6 Å². The summed E-state index contributed by atoms with van der Waals surface area (Å²) in [7, 11) is -5.11. The third kappa shape index (κ3) is 11.2. The van der Waals surface area contributed by atoms with Crippen molar-refractivity contribution in [3.63, 3.8) is 0 Å². The molecule has 1 saturated heterocycles. The number of aliphatic hydroxyl groups excluding tert-OH is 5. The molecule has 12 N–H and O–H groups in total. The van der Waals surface area contributed by atoms with Crippen LogP contribution in [0.5, 0.6) is 0 Å². The molecule has 0 aliphatic carbocycles. The average Bonchev–Trinajstić information content (AvgIpc) is 3.35. The summed E-state index contributed by atoms with van der Waals surface area (Å²) in [5.41, 5.74) is 7.51. The second-order valence-corrected chi connectivity index (χ2v) is 13.6. The van der Waals surface area contributed by atoms with Gasteiger partial charge >= 0.3 is 19.8 Å². The maximum Gasteiger partial charge on any atom is 0.473 e. The van der Waals surface area contributed by atoms with Gasteiger partial charge in [-0.2, -0.15) is 4.98 Å². The largest absolute Gasteiger partial charge is 0.481 e. The molecule has 2 aromatic heterocycles. The molecule has 53 heavy (non-hydrogen) atoms. The Morgan fingerprint density at radius 2 is 1.75 bits per heavy atom. The van der Waals surface area contributed by atoms with Crippen molar-refractivity contribution >= 4 is 42.6 Å². The molecule has 0 radical (unpaired) electrons. The van der Waals surface area contributed by atoms with Crippen LogP contribution in [0.15, 0.2) is 29.1 Å². The number of phosphoric ester groups is 1. The number of nitrogens with zero attached hydrogens (tertiary/aromatic N) is 3. The van der Waals surface area contributed by atoms with E-state index in [2.05, 4.69) is 34.3 Å². The third-order valence-electron chi connectivity index (χ3n) is 8.06. The first-order valence-electron chi connectivity index (χ1n) is 16.0. The minimum absolute atomic E-state index is 0.0382. The Morgan fingerprint density at radius 1 is 1.08 bits per heavy atom. The fourth-order valence-electron chi connectivity index (χ4n) is 5.27. The number of rotatable bonds is 19. The van der Waals surface area contributed by atoms with Gasteiger partial charge in [0.05, 0.1) is 36.7 Å². The van der Waals surface area contributed by atoms with E-state index in [1.165, 1.54) is 0 Å². The molecule has 3 heterocycles. The highest BCUT2D eigenvalue weighted by Crippen LogP contribution is 2.46. The molecule has 1 fully saturated rings. The SMILES string of the molecule is Cc1nc2nc(N)[nH]c(=O)c2nc1C(C)Nc1ccc(CC(O)C(O)C(O)CO[C@@H]2O[C@H](COP(=O)(O)OC(CCC(=O)O)C(=O)O)[C@@H](O)[C@H]2O)cc1. The lowest BCUT2D eigenvalue weighted by Gasteiger charge is -2.25. The summed E-state index contributed by atoms with van der Waals surface area (Å²) < 4.78 is 32.0. The van der Waals surface area contributed by atoms with Gasteiger partial charge in [0.15, 0.2) is 23.6 Å². The Kier molecular flexibility index (Phi) is 13.9. The summed E-state index contributed by atoms with van der Waals surface area (Å²) in [4.78, 5) is 59.2. The third-order valence-corrected chi connectivity index (χ3v) is 9.06. The number of nitrogen functional groups attached to an aromatic ring is 1. The lowest BCUT2D eigenvalue weighted by molar-refractivity contribution is -0.192. The molecule has 10 atom stereocenters. The van der Waals surface area contributed by atoms with Gasteiger partial charge in [0.1, 0.15) is 30.5 Å². The fraction of sp³-hybridized carbons (Fsp3) is 0.533. The number of nitrogens with two attached hydrogens (primary N) is 1. The number of anilines is 2. The number of phosphoric acid groups is 1. The first kappa shape index (κ1) is 41.6. The molecule has 1 aromatic carbocycles. The van der Waals surface area contributed by atoms with Gasteiger partial charge in [-0.15, -0.1) is 0 Å². The number of carboxylic acid groups (broad SMARTS) is 2. The van der Waals surface area contributed by atoms with E-state index in [0.29, 0.717) is 22.6 Å². The molecule has 0 bridgehead atoms. The molecule has 1 aliphatic rings. The number of nitrogens with one attached hydrogen (secondary N) is 2. The van der Waals surface area contributed by atoms with Crippen LogP contribution in [-0.4, -0.2) is 135 Å². The summed E-state index contributed by atoms with van der Waals surface area (Å²) in [6.45, 7) is 1.94. The number of hydrogen-bond donors (Lipinski definition) is 11. The Balaban J connectivity index is 1.24. The molecule has 0 saturated carbocycles. The maximum atomic E-state index is 12.3.